The van der Waals surface area contributed by atoms with Crippen molar-refractivity contribution in [3.8, 4) is 0 Å². The normalized spacial score (nSPS) is 27.1. The van der Waals surface area contributed by atoms with E-state index in [2.05, 4.69) is 37.8 Å². The van der Waals surface area contributed by atoms with E-state index >= 15 is 0 Å². The van der Waals surface area contributed by atoms with Crippen LogP contribution in [0.4, 0.5) is 0 Å². The maximum absolute atomic E-state index is 10.3. The first-order valence-electron chi connectivity index (χ1n) is 7.01. The van der Waals surface area contributed by atoms with E-state index in [0.717, 1.165) is 37.0 Å². The molecule has 1 aliphatic heterocycles. The minimum absolute atomic E-state index is 0.358. The third kappa shape index (κ3) is 3.56. The second-order valence-corrected chi connectivity index (χ2v) is 6.09. The molecule has 18 heavy (non-hydrogen) atoms. The fourth-order valence-corrected chi connectivity index (χ4v) is 3.08. The maximum Gasteiger partial charge on any atom is 0.0916 e. The van der Waals surface area contributed by atoms with Gasteiger partial charge in [0, 0.05) is 19.6 Å². The number of hydrogen-bond donors (Lipinski definition) is 1. The first-order chi connectivity index (χ1) is 8.54. The largest absolute Gasteiger partial charge is 0.387 e. The van der Waals surface area contributed by atoms with Crippen molar-refractivity contribution in [1.82, 2.24) is 4.90 Å². The Bertz CT molecular complexity index is 363. The molecule has 1 saturated heterocycles. The van der Waals surface area contributed by atoms with Crippen molar-refractivity contribution in [2.45, 2.75) is 33.3 Å². The molecule has 3 atom stereocenters. The van der Waals surface area contributed by atoms with Gasteiger partial charge in [-0.3, -0.25) is 4.90 Å². The number of aryl methyl sites for hydroxylation is 1. The Hall–Kier alpha value is -0.860. The zero-order valence-corrected chi connectivity index (χ0v) is 11.8. The predicted molar refractivity (Wildman–Crippen MR) is 75.5 cm³/mol. The summed E-state index contributed by atoms with van der Waals surface area (Å²) in [6.45, 7) is 9.68. The van der Waals surface area contributed by atoms with E-state index in [1.165, 1.54) is 12.0 Å². The lowest BCUT2D eigenvalue weighted by atomic mass is 9.91. The standard InChI is InChI=1S/C16H25NO/c1-12-4-6-15(7-5-12)16(18)11-17-9-13(2)8-14(3)10-17/h4-7,13-14,16,18H,8-11H2,1-3H3. The van der Waals surface area contributed by atoms with Gasteiger partial charge in [0.05, 0.1) is 6.10 Å². The molecule has 0 bridgehead atoms. The molecule has 1 N–H and O–H groups in total. The van der Waals surface area contributed by atoms with E-state index in [1.54, 1.807) is 0 Å². The Labute approximate surface area is 111 Å². The summed E-state index contributed by atoms with van der Waals surface area (Å²) in [5.74, 6) is 1.50. The molecule has 2 rings (SSSR count). The van der Waals surface area contributed by atoms with Gasteiger partial charge in [-0.05, 0) is 30.7 Å². The molecule has 1 heterocycles. The zero-order valence-electron chi connectivity index (χ0n) is 11.8. The summed E-state index contributed by atoms with van der Waals surface area (Å²) in [5.41, 5.74) is 2.28. The number of benzene rings is 1. The molecule has 0 aromatic heterocycles. The van der Waals surface area contributed by atoms with Gasteiger partial charge < -0.3 is 5.11 Å². The van der Waals surface area contributed by atoms with Crippen LogP contribution in [0.3, 0.4) is 0 Å². The van der Waals surface area contributed by atoms with Crippen LogP contribution in [0.25, 0.3) is 0 Å². The van der Waals surface area contributed by atoms with E-state index in [-0.39, 0.29) is 6.10 Å². The van der Waals surface area contributed by atoms with Gasteiger partial charge in [-0.25, -0.2) is 0 Å². The minimum Gasteiger partial charge on any atom is -0.387 e. The van der Waals surface area contributed by atoms with Crippen LogP contribution in [-0.2, 0) is 0 Å². The number of likely N-dealkylation sites (tertiary alicyclic amines) is 1. The summed E-state index contributed by atoms with van der Waals surface area (Å²) in [6, 6.07) is 8.22. The fourth-order valence-electron chi connectivity index (χ4n) is 3.08. The highest BCUT2D eigenvalue weighted by Gasteiger charge is 2.23. The van der Waals surface area contributed by atoms with E-state index in [4.69, 9.17) is 0 Å². The van der Waals surface area contributed by atoms with Gasteiger partial charge in [0.15, 0.2) is 0 Å². The third-order valence-electron chi connectivity index (χ3n) is 3.84. The third-order valence-corrected chi connectivity index (χ3v) is 3.84. The van der Waals surface area contributed by atoms with E-state index in [9.17, 15) is 5.11 Å². The van der Waals surface area contributed by atoms with Gasteiger partial charge in [-0.2, -0.15) is 0 Å². The average molecular weight is 247 g/mol. The highest BCUT2D eigenvalue weighted by molar-refractivity contribution is 5.23. The van der Waals surface area contributed by atoms with E-state index in [0.29, 0.717) is 0 Å². The molecule has 100 valence electrons. The number of β-amino-alcohol motifs (C(OH)–C–C–N with tert-alkyl or cyclic N) is 1. The summed E-state index contributed by atoms with van der Waals surface area (Å²) < 4.78 is 0. The average Bonchev–Trinajstić information content (AvgIpc) is 2.28. The van der Waals surface area contributed by atoms with Crippen LogP contribution < -0.4 is 0 Å². The van der Waals surface area contributed by atoms with E-state index in [1.807, 2.05) is 12.1 Å². The fraction of sp³-hybridized carbons (Fsp3) is 0.625. The summed E-state index contributed by atoms with van der Waals surface area (Å²) in [4.78, 5) is 2.41. The second kappa shape index (κ2) is 5.85. The number of aliphatic hydroxyl groups is 1. The van der Waals surface area contributed by atoms with Crippen LogP contribution in [0.5, 0.6) is 0 Å². The number of rotatable bonds is 3. The predicted octanol–water partition coefficient (Wildman–Crippen LogP) is 3.01. The Morgan fingerprint density at radius 1 is 1.17 bits per heavy atom. The SMILES string of the molecule is Cc1ccc(C(O)CN2CC(C)CC(C)C2)cc1. The second-order valence-electron chi connectivity index (χ2n) is 6.09. The van der Waals surface area contributed by atoms with Crippen LogP contribution >= 0.6 is 0 Å². The number of piperidine rings is 1. The summed E-state index contributed by atoms with van der Waals surface area (Å²) >= 11 is 0. The Balaban J connectivity index is 1.94. The maximum atomic E-state index is 10.3. The molecule has 0 spiro atoms. The molecule has 2 heteroatoms. The van der Waals surface area contributed by atoms with Crippen molar-refractivity contribution in [2.75, 3.05) is 19.6 Å². The Kier molecular flexibility index (Phi) is 4.41. The Morgan fingerprint density at radius 3 is 2.28 bits per heavy atom. The van der Waals surface area contributed by atoms with Crippen LogP contribution in [0.1, 0.15) is 37.5 Å². The molecule has 1 fully saturated rings. The van der Waals surface area contributed by atoms with Crippen molar-refractivity contribution in [1.29, 1.82) is 0 Å². The summed E-state index contributed by atoms with van der Waals surface area (Å²) in [6.07, 6.45) is 0.958. The van der Waals surface area contributed by atoms with Crippen molar-refractivity contribution < 1.29 is 5.11 Å². The lowest BCUT2D eigenvalue weighted by molar-refractivity contribution is 0.0699. The molecule has 0 amide bonds. The van der Waals surface area contributed by atoms with Crippen LogP contribution in [0, 0.1) is 18.8 Å². The lowest BCUT2D eigenvalue weighted by Gasteiger charge is -2.36. The smallest absolute Gasteiger partial charge is 0.0916 e. The van der Waals surface area contributed by atoms with Crippen molar-refractivity contribution >= 4 is 0 Å². The molecule has 0 radical (unpaired) electrons. The summed E-state index contributed by atoms with van der Waals surface area (Å²) in [7, 11) is 0. The number of aliphatic hydroxyl groups excluding tert-OH is 1. The van der Waals surface area contributed by atoms with Crippen molar-refractivity contribution in [3.63, 3.8) is 0 Å². The first-order valence-corrected chi connectivity index (χ1v) is 7.01. The quantitative estimate of drug-likeness (QED) is 0.887. The molecule has 2 nitrogen and oxygen atoms in total. The van der Waals surface area contributed by atoms with Gasteiger partial charge in [0.25, 0.3) is 0 Å². The molecular formula is C16H25NO. The monoisotopic (exact) mass is 247 g/mol. The Morgan fingerprint density at radius 2 is 1.72 bits per heavy atom. The summed E-state index contributed by atoms with van der Waals surface area (Å²) in [5, 5.41) is 10.3. The molecule has 1 aromatic carbocycles. The molecule has 0 aliphatic carbocycles. The topological polar surface area (TPSA) is 23.5 Å². The van der Waals surface area contributed by atoms with E-state index < -0.39 is 0 Å². The van der Waals surface area contributed by atoms with Crippen molar-refractivity contribution in [2.24, 2.45) is 11.8 Å². The van der Waals surface area contributed by atoms with Gasteiger partial charge in [-0.1, -0.05) is 43.7 Å². The van der Waals surface area contributed by atoms with Gasteiger partial charge >= 0.3 is 0 Å². The van der Waals surface area contributed by atoms with Gasteiger partial charge in [0.2, 0.25) is 0 Å². The highest BCUT2D eigenvalue weighted by atomic mass is 16.3. The minimum atomic E-state index is -0.358. The van der Waals surface area contributed by atoms with Crippen LogP contribution in [-0.4, -0.2) is 29.6 Å². The van der Waals surface area contributed by atoms with Crippen LogP contribution in [0.2, 0.25) is 0 Å². The molecule has 0 saturated carbocycles. The molecule has 1 aliphatic rings. The van der Waals surface area contributed by atoms with Crippen LogP contribution in [0.15, 0.2) is 24.3 Å². The lowest BCUT2D eigenvalue weighted by Crippen LogP contribution is -2.40. The zero-order chi connectivity index (χ0) is 13.1. The van der Waals surface area contributed by atoms with Gasteiger partial charge in [-0.15, -0.1) is 0 Å². The number of nitrogens with zero attached hydrogens (tertiary/aromatic N) is 1. The highest BCUT2D eigenvalue weighted by Crippen LogP contribution is 2.23. The molecule has 1 aromatic rings. The molecule has 3 unspecified atom stereocenters. The van der Waals surface area contributed by atoms with Gasteiger partial charge in [0.1, 0.15) is 0 Å². The first kappa shape index (κ1) is 13.6. The van der Waals surface area contributed by atoms with Crippen molar-refractivity contribution in [3.05, 3.63) is 35.4 Å². The number of hydrogen-bond acceptors (Lipinski definition) is 2. The molecular weight excluding hydrogens is 222 g/mol.